The molecule has 0 radical (unpaired) electrons. The van der Waals surface area contributed by atoms with Crippen molar-refractivity contribution in [3.63, 3.8) is 0 Å². The van der Waals surface area contributed by atoms with Crippen molar-refractivity contribution < 1.29 is 9.18 Å². The van der Waals surface area contributed by atoms with Crippen molar-refractivity contribution in [1.82, 2.24) is 4.90 Å². The molecule has 0 spiro atoms. The van der Waals surface area contributed by atoms with Crippen LogP contribution in [0.25, 0.3) is 0 Å². The first-order valence-electron chi connectivity index (χ1n) is 5.78. The molecular formula is C14H18FNO. The van der Waals surface area contributed by atoms with Crippen LogP contribution in [0.3, 0.4) is 0 Å². The van der Waals surface area contributed by atoms with Gasteiger partial charge >= 0.3 is 0 Å². The van der Waals surface area contributed by atoms with Crippen LogP contribution >= 0.6 is 0 Å². The number of nitrogens with zero attached hydrogens (tertiary/aromatic N) is 1. The summed E-state index contributed by atoms with van der Waals surface area (Å²) in [5, 5.41) is 0. The molecule has 1 aliphatic rings. The van der Waals surface area contributed by atoms with E-state index >= 15 is 0 Å². The first-order valence-corrected chi connectivity index (χ1v) is 5.78. The van der Waals surface area contributed by atoms with E-state index in [2.05, 4.69) is 11.5 Å². The lowest BCUT2D eigenvalue weighted by Crippen LogP contribution is -2.29. The summed E-state index contributed by atoms with van der Waals surface area (Å²) in [5.41, 5.74) is 0. The zero-order valence-corrected chi connectivity index (χ0v) is 9.89. The summed E-state index contributed by atoms with van der Waals surface area (Å²) < 4.78 is 11.9. The number of carbonyl (C=O) groups excluding carboxylic acids is 1. The number of piperidine rings is 1. The van der Waals surface area contributed by atoms with Crippen LogP contribution in [0.5, 0.6) is 0 Å². The molecule has 92 valence electrons. The third-order valence-corrected chi connectivity index (χ3v) is 2.76. The molecule has 0 amide bonds. The maximum Gasteiger partial charge on any atom is 0.123 e. The van der Waals surface area contributed by atoms with E-state index in [0.29, 0.717) is 5.92 Å². The smallest absolute Gasteiger partial charge is 0.123 e. The predicted molar refractivity (Wildman–Crippen MR) is 67.0 cm³/mol. The highest BCUT2D eigenvalue weighted by Gasteiger charge is 2.15. The van der Waals surface area contributed by atoms with Gasteiger partial charge < -0.3 is 9.69 Å². The van der Waals surface area contributed by atoms with Crippen molar-refractivity contribution in [3.8, 4) is 0 Å². The highest BCUT2D eigenvalue weighted by Crippen LogP contribution is 2.14. The largest absolute Gasteiger partial charge is 0.378 e. The van der Waals surface area contributed by atoms with E-state index in [0.717, 1.165) is 32.2 Å². The van der Waals surface area contributed by atoms with Gasteiger partial charge in [0.15, 0.2) is 0 Å². The third-order valence-electron chi connectivity index (χ3n) is 2.76. The van der Waals surface area contributed by atoms with Gasteiger partial charge in [-0.1, -0.05) is 24.8 Å². The van der Waals surface area contributed by atoms with Gasteiger partial charge in [-0.05, 0) is 31.2 Å². The van der Waals surface area contributed by atoms with E-state index in [-0.39, 0.29) is 5.82 Å². The second-order valence-corrected chi connectivity index (χ2v) is 3.99. The molecule has 17 heavy (non-hydrogen) atoms. The Morgan fingerprint density at radius 1 is 1.24 bits per heavy atom. The Hall–Kier alpha value is -1.64. The lowest BCUT2D eigenvalue weighted by molar-refractivity contribution is -0.112. The number of carbonyl (C=O) groups is 1. The second-order valence-electron chi connectivity index (χ2n) is 3.99. The fourth-order valence-electron chi connectivity index (χ4n) is 1.65. The average molecular weight is 235 g/mol. The van der Waals surface area contributed by atoms with E-state index in [1.165, 1.54) is 12.1 Å². The lowest BCUT2D eigenvalue weighted by Gasteiger charge is -2.27. The Morgan fingerprint density at radius 3 is 2.18 bits per heavy atom. The molecular weight excluding hydrogens is 217 g/mol. The van der Waals surface area contributed by atoms with E-state index in [4.69, 9.17) is 0 Å². The number of aldehydes is 1. The van der Waals surface area contributed by atoms with Gasteiger partial charge in [0.1, 0.15) is 12.1 Å². The molecule has 0 atom stereocenters. The monoisotopic (exact) mass is 235 g/mol. The minimum atomic E-state index is -0.178. The predicted octanol–water partition coefficient (Wildman–Crippen LogP) is 2.87. The molecule has 2 rings (SSSR count). The van der Waals surface area contributed by atoms with Gasteiger partial charge in [0.05, 0.1) is 0 Å². The van der Waals surface area contributed by atoms with Gasteiger partial charge in [0.2, 0.25) is 0 Å². The number of likely N-dealkylation sites (tertiary alicyclic amines) is 1. The standard InChI is InChI=1S/C8H13NO.C6H5F/c1-2-9-5-3-8(7-10)4-6-9;7-6-4-2-1-3-5-6/h2,7-8H,1,3-6H2;1-5H. The summed E-state index contributed by atoms with van der Waals surface area (Å²) in [4.78, 5) is 12.5. The van der Waals surface area contributed by atoms with Crippen LogP contribution in [-0.2, 0) is 4.79 Å². The van der Waals surface area contributed by atoms with E-state index < -0.39 is 0 Å². The van der Waals surface area contributed by atoms with Gasteiger partial charge in [-0.3, -0.25) is 0 Å². The summed E-state index contributed by atoms with van der Waals surface area (Å²) in [7, 11) is 0. The Labute approximate surface area is 102 Å². The van der Waals surface area contributed by atoms with Crippen LogP contribution in [-0.4, -0.2) is 24.3 Å². The summed E-state index contributed by atoms with van der Waals surface area (Å²) in [6.45, 7) is 5.66. The van der Waals surface area contributed by atoms with Crippen LogP contribution in [0.15, 0.2) is 43.1 Å². The van der Waals surface area contributed by atoms with Crippen molar-refractivity contribution in [2.45, 2.75) is 12.8 Å². The van der Waals surface area contributed by atoms with Gasteiger partial charge in [0, 0.05) is 19.0 Å². The molecule has 1 heterocycles. The molecule has 0 aliphatic carbocycles. The maximum atomic E-state index is 11.9. The molecule has 3 heteroatoms. The Morgan fingerprint density at radius 2 is 1.82 bits per heavy atom. The molecule has 1 aliphatic heterocycles. The highest BCUT2D eigenvalue weighted by molar-refractivity contribution is 5.53. The topological polar surface area (TPSA) is 20.3 Å². The third kappa shape index (κ3) is 5.29. The molecule has 0 bridgehead atoms. The van der Waals surface area contributed by atoms with Crippen LogP contribution in [0.1, 0.15) is 12.8 Å². The SMILES string of the molecule is C=CN1CCC(C=O)CC1.Fc1ccccc1. The first-order chi connectivity index (χ1) is 8.26. The van der Waals surface area contributed by atoms with Crippen LogP contribution in [0.4, 0.5) is 4.39 Å². The fraction of sp³-hybridized carbons (Fsp3) is 0.357. The fourth-order valence-corrected chi connectivity index (χ4v) is 1.65. The number of rotatable bonds is 2. The molecule has 2 nitrogen and oxygen atoms in total. The number of benzene rings is 1. The van der Waals surface area contributed by atoms with Gasteiger partial charge in [-0.15, -0.1) is 0 Å². The van der Waals surface area contributed by atoms with Crippen molar-refractivity contribution in [1.29, 1.82) is 0 Å². The number of hydrogen-bond donors (Lipinski definition) is 0. The van der Waals surface area contributed by atoms with Crippen LogP contribution in [0, 0.1) is 11.7 Å². The summed E-state index contributed by atoms with van der Waals surface area (Å²) >= 11 is 0. The van der Waals surface area contributed by atoms with Crippen LogP contribution < -0.4 is 0 Å². The zero-order valence-electron chi connectivity index (χ0n) is 9.89. The Bertz CT molecular complexity index is 315. The Kier molecular flexibility index (Phi) is 6.00. The lowest BCUT2D eigenvalue weighted by atomic mass is 9.99. The minimum absolute atomic E-state index is 0.178. The molecule has 0 saturated carbocycles. The molecule has 1 aromatic rings. The van der Waals surface area contributed by atoms with Crippen molar-refractivity contribution >= 4 is 6.29 Å². The summed E-state index contributed by atoms with van der Waals surface area (Å²) in [6.07, 6.45) is 4.91. The average Bonchev–Trinajstić information content (AvgIpc) is 2.40. The van der Waals surface area contributed by atoms with Crippen LogP contribution in [0.2, 0.25) is 0 Å². The zero-order chi connectivity index (χ0) is 12.5. The molecule has 1 fully saturated rings. The summed E-state index contributed by atoms with van der Waals surface area (Å²) in [6, 6.07) is 7.94. The normalized spacial score (nSPS) is 15.7. The molecule has 1 saturated heterocycles. The quantitative estimate of drug-likeness (QED) is 0.735. The first kappa shape index (κ1) is 13.4. The van der Waals surface area contributed by atoms with Crippen molar-refractivity contribution in [2.24, 2.45) is 5.92 Å². The van der Waals surface area contributed by atoms with E-state index in [1.807, 2.05) is 6.20 Å². The summed E-state index contributed by atoms with van der Waals surface area (Å²) in [5.74, 6) is 0.124. The van der Waals surface area contributed by atoms with Gasteiger partial charge in [0.25, 0.3) is 0 Å². The molecule has 0 N–H and O–H groups in total. The van der Waals surface area contributed by atoms with E-state index in [1.54, 1.807) is 18.2 Å². The second kappa shape index (κ2) is 7.60. The van der Waals surface area contributed by atoms with Crippen molar-refractivity contribution in [3.05, 3.63) is 48.9 Å². The molecule has 1 aromatic carbocycles. The molecule has 0 aromatic heterocycles. The Balaban J connectivity index is 0.000000181. The number of hydrogen-bond acceptors (Lipinski definition) is 2. The highest BCUT2D eigenvalue weighted by atomic mass is 19.1. The maximum absolute atomic E-state index is 11.9. The number of halogens is 1. The van der Waals surface area contributed by atoms with Gasteiger partial charge in [-0.25, -0.2) is 4.39 Å². The van der Waals surface area contributed by atoms with Crippen molar-refractivity contribution in [2.75, 3.05) is 13.1 Å². The van der Waals surface area contributed by atoms with E-state index in [9.17, 15) is 9.18 Å². The molecule has 0 unspecified atom stereocenters. The van der Waals surface area contributed by atoms with Gasteiger partial charge in [-0.2, -0.15) is 0 Å². The minimum Gasteiger partial charge on any atom is -0.378 e.